The van der Waals surface area contributed by atoms with Gasteiger partial charge in [-0.05, 0) is 36.5 Å². The van der Waals surface area contributed by atoms with Gasteiger partial charge < -0.3 is 10.1 Å². The summed E-state index contributed by atoms with van der Waals surface area (Å²) in [6.45, 7) is 5.14. The fourth-order valence-electron chi connectivity index (χ4n) is 2.43. The highest BCUT2D eigenvalue weighted by molar-refractivity contribution is 9.10. The van der Waals surface area contributed by atoms with Crippen LogP contribution < -0.4 is 5.32 Å². The first-order chi connectivity index (χ1) is 8.29. The van der Waals surface area contributed by atoms with Crippen LogP contribution in [0.2, 0.25) is 0 Å². The fraction of sp³-hybridized carbons (Fsp3) is 0.571. The third-order valence-electron chi connectivity index (χ3n) is 3.37. The summed E-state index contributed by atoms with van der Waals surface area (Å²) in [5, 5.41) is 3.53. The van der Waals surface area contributed by atoms with Crippen LogP contribution in [0.15, 0.2) is 28.7 Å². The zero-order valence-electron chi connectivity index (χ0n) is 10.3. The fourth-order valence-corrected chi connectivity index (χ4v) is 2.87. The number of nitrogens with one attached hydrogen (secondary N) is 1. The lowest BCUT2D eigenvalue weighted by Gasteiger charge is -2.17. The Balaban J connectivity index is 1.76. The minimum absolute atomic E-state index is 0.463. The minimum atomic E-state index is 0.463. The molecule has 1 saturated heterocycles. The van der Waals surface area contributed by atoms with Gasteiger partial charge in [0.1, 0.15) is 0 Å². The van der Waals surface area contributed by atoms with Crippen LogP contribution in [0.4, 0.5) is 0 Å². The average molecular weight is 298 g/mol. The first kappa shape index (κ1) is 13.1. The van der Waals surface area contributed by atoms with E-state index in [2.05, 4.69) is 52.4 Å². The van der Waals surface area contributed by atoms with Crippen molar-refractivity contribution in [3.05, 3.63) is 34.3 Å². The lowest BCUT2D eigenvalue weighted by atomic mass is 9.99. The van der Waals surface area contributed by atoms with Crippen molar-refractivity contribution in [1.82, 2.24) is 5.32 Å². The molecule has 0 radical (unpaired) electrons. The molecule has 3 heteroatoms. The second-order valence-corrected chi connectivity index (χ2v) is 5.54. The zero-order chi connectivity index (χ0) is 12.1. The van der Waals surface area contributed by atoms with E-state index in [4.69, 9.17) is 4.74 Å². The van der Waals surface area contributed by atoms with E-state index in [-0.39, 0.29) is 0 Å². The van der Waals surface area contributed by atoms with Crippen LogP contribution in [0.5, 0.6) is 0 Å². The summed E-state index contributed by atoms with van der Waals surface area (Å²) >= 11 is 3.49. The molecule has 1 heterocycles. The third-order valence-corrected chi connectivity index (χ3v) is 3.87. The predicted octanol–water partition coefficient (Wildman–Crippen LogP) is 3.35. The molecule has 1 aliphatic rings. The Morgan fingerprint density at radius 3 is 3.12 bits per heavy atom. The van der Waals surface area contributed by atoms with Crippen molar-refractivity contribution >= 4 is 15.9 Å². The van der Waals surface area contributed by atoms with E-state index in [0.717, 1.165) is 30.6 Å². The highest BCUT2D eigenvalue weighted by atomic mass is 79.9. The van der Waals surface area contributed by atoms with Gasteiger partial charge in [0.2, 0.25) is 0 Å². The molecule has 2 unspecified atom stereocenters. The number of ether oxygens (including phenoxy) is 1. The molecule has 2 atom stereocenters. The molecule has 1 aromatic rings. The molecule has 0 aliphatic carbocycles. The normalized spacial score (nSPS) is 24.1. The molecule has 1 aromatic carbocycles. The van der Waals surface area contributed by atoms with Gasteiger partial charge in [-0.2, -0.15) is 0 Å². The molecule has 1 aliphatic heterocycles. The maximum atomic E-state index is 5.69. The van der Waals surface area contributed by atoms with Gasteiger partial charge in [-0.25, -0.2) is 0 Å². The number of rotatable bonds is 5. The Bertz CT molecular complexity index is 356. The molecule has 1 fully saturated rings. The molecule has 0 bridgehead atoms. The maximum absolute atomic E-state index is 5.69. The SMILES string of the molecule is CCC1OCCC1CNCc1cccc(Br)c1. The van der Waals surface area contributed by atoms with Crippen molar-refractivity contribution in [1.29, 1.82) is 0 Å². The predicted molar refractivity (Wildman–Crippen MR) is 74.0 cm³/mol. The second-order valence-electron chi connectivity index (χ2n) is 4.63. The van der Waals surface area contributed by atoms with Crippen LogP contribution in [0, 0.1) is 5.92 Å². The maximum Gasteiger partial charge on any atom is 0.0613 e. The van der Waals surface area contributed by atoms with Crippen LogP contribution in [0.3, 0.4) is 0 Å². The lowest BCUT2D eigenvalue weighted by Crippen LogP contribution is -2.27. The van der Waals surface area contributed by atoms with Crippen molar-refractivity contribution in [2.24, 2.45) is 5.92 Å². The van der Waals surface area contributed by atoms with Gasteiger partial charge in [-0.15, -0.1) is 0 Å². The standard InChI is InChI=1S/C14H20BrNO/c1-2-14-12(6-7-17-14)10-16-9-11-4-3-5-13(15)8-11/h3-5,8,12,14,16H,2,6-7,9-10H2,1H3. The molecular weight excluding hydrogens is 278 g/mol. The number of halogens is 1. The van der Waals surface area contributed by atoms with Gasteiger partial charge in [0.15, 0.2) is 0 Å². The van der Waals surface area contributed by atoms with Crippen LogP contribution >= 0.6 is 15.9 Å². The Kier molecular flexibility index (Phi) is 5.01. The number of benzene rings is 1. The van der Waals surface area contributed by atoms with Gasteiger partial charge in [0.05, 0.1) is 6.10 Å². The van der Waals surface area contributed by atoms with Gasteiger partial charge in [0, 0.05) is 24.2 Å². The lowest BCUT2D eigenvalue weighted by molar-refractivity contribution is 0.0872. The van der Waals surface area contributed by atoms with E-state index < -0.39 is 0 Å². The summed E-state index contributed by atoms with van der Waals surface area (Å²) in [5.41, 5.74) is 1.33. The van der Waals surface area contributed by atoms with Gasteiger partial charge in [0.25, 0.3) is 0 Å². The summed E-state index contributed by atoms with van der Waals surface area (Å²) in [7, 11) is 0. The van der Waals surface area contributed by atoms with Crippen molar-refractivity contribution < 1.29 is 4.74 Å². The smallest absolute Gasteiger partial charge is 0.0613 e. The Labute approximate surface area is 112 Å². The van der Waals surface area contributed by atoms with E-state index >= 15 is 0 Å². The van der Waals surface area contributed by atoms with E-state index in [1.165, 1.54) is 12.0 Å². The molecule has 0 spiro atoms. The Hall–Kier alpha value is -0.380. The molecule has 0 amide bonds. The quantitative estimate of drug-likeness (QED) is 0.900. The van der Waals surface area contributed by atoms with Crippen LogP contribution in [0.1, 0.15) is 25.3 Å². The average Bonchev–Trinajstić information content (AvgIpc) is 2.77. The largest absolute Gasteiger partial charge is 0.378 e. The summed E-state index contributed by atoms with van der Waals surface area (Å²) in [5.74, 6) is 0.687. The van der Waals surface area contributed by atoms with Crippen molar-refractivity contribution in [2.45, 2.75) is 32.4 Å². The van der Waals surface area contributed by atoms with Gasteiger partial charge >= 0.3 is 0 Å². The summed E-state index contributed by atoms with van der Waals surface area (Å²) in [6.07, 6.45) is 2.79. The topological polar surface area (TPSA) is 21.3 Å². The highest BCUT2D eigenvalue weighted by Gasteiger charge is 2.25. The number of hydrogen-bond acceptors (Lipinski definition) is 2. The highest BCUT2D eigenvalue weighted by Crippen LogP contribution is 2.22. The molecule has 1 N–H and O–H groups in total. The summed E-state index contributed by atoms with van der Waals surface area (Å²) < 4.78 is 6.83. The molecule has 94 valence electrons. The second kappa shape index (κ2) is 6.53. The van der Waals surface area contributed by atoms with Crippen LogP contribution in [-0.2, 0) is 11.3 Å². The first-order valence-corrected chi connectivity index (χ1v) is 7.15. The third kappa shape index (κ3) is 3.80. The van der Waals surface area contributed by atoms with Crippen molar-refractivity contribution in [3.8, 4) is 0 Å². The Morgan fingerprint density at radius 1 is 1.47 bits per heavy atom. The molecule has 2 nitrogen and oxygen atoms in total. The van der Waals surface area contributed by atoms with Gasteiger partial charge in [-0.1, -0.05) is 35.0 Å². The molecule has 0 saturated carbocycles. The van der Waals surface area contributed by atoms with E-state index in [1.807, 2.05) is 0 Å². The van der Waals surface area contributed by atoms with Crippen LogP contribution in [-0.4, -0.2) is 19.3 Å². The molecular formula is C14H20BrNO. The monoisotopic (exact) mass is 297 g/mol. The molecule has 2 rings (SSSR count). The van der Waals surface area contributed by atoms with E-state index in [0.29, 0.717) is 12.0 Å². The van der Waals surface area contributed by atoms with Crippen molar-refractivity contribution in [2.75, 3.05) is 13.2 Å². The molecule has 17 heavy (non-hydrogen) atoms. The Morgan fingerprint density at radius 2 is 2.35 bits per heavy atom. The van der Waals surface area contributed by atoms with Gasteiger partial charge in [-0.3, -0.25) is 0 Å². The van der Waals surface area contributed by atoms with E-state index in [9.17, 15) is 0 Å². The zero-order valence-corrected chi connectivity index (χ0v) is 11.9. The number of hydrogen-bond donors (Lipinski definition) is 1. The minimum Gasteiger partial charge on any atom is -0.378 e. The summed E-state index contributed by atoms with van der Waals surface area (Å²) in [6, 6.07) is 8.45. The van der Waals surface area contributed by atoms with E-state index in [1.54, 1.807) is 0 Å². The molecule has 0 aromatic heterocycles. The summed E-state index contributed by atoms with van der Waals surface area (Å²) in [4.78, 5) is 0. The van der Waals surface area contributed by atoms with Crippen LogP contribution in [0.25, 0.3) is 0 Å². The first-order valence-electron chi connectivity index (χ1n) is 6.36. The van der Waals surface area contributed by atoms with Crippen molar-refractivity contribution in [3.63, 3.8) is 0 Å².